The van der Waals surface area contributed by atoms with Gasteiger partial charge in [0.05, 0.1) is 0 Å². The van der Waals surface area contributed by atoms with Gasteiger partial charge in [0.15, 0.2) is 0 Å². The van der Waals surface area contributed by atoms with Crippen LogP contribution in [0.3, 0.4) is 0 Å². The minimum absolute atomic E-state index is 0.225. The average Bonchev–Trinajstić information content (AvgIpc) is 3.00. The molecular weight excluding hydrogens is 314 g/mol. The molecule has 5 nitrogen and oxygen atoms in total. The molecule has 0 spiro atoms. The standard InChI is InChI=1S/C17H10F2N4O/c18-11-6-10(7-12(19)8-11)15-14-16(20-9-21-17(14)24-23-15)22-13-4-2-1-3-5-13/h1-9H,(H,20,21,22). The van der Waals surface area contributed by atoms with E-state index in [2.05, 4.69) is 20.4 Å². The highest BCUT2D eigenvalue weighted by Gasteiger charge is 2.18. The Balaban J connectivity index is 1.88. The average molecular weight is 324 g/mol. The first-order chi connectivity index (χ1) is 11.7. The van der Waals surface area contributed by atoms with Gasteiger partial charge in [-0.1, -0.05) is 23.4 Å². The van der Waals surface area contributed by atoms with E-state index in [1.165, 1.54) is 18.5 Å². The highest BCUT2D eigenvalue weighted by molar-refractivity contribution is 5.98. The van der Waals surface area contributed by atoms with Crippen LogP contribution in [0.4, 0.5) is 20.3 Å². The Kier molecular flexibility index (Phi) is 3.38. The molecule has 2 heterocycles. The third-order valence-electron chi connectivity index (χ3n) is 3.45. The number of rotatable bonds is 3. The summed E-state index contributed by atoms with van der Waals surface area (Å²) < 4.78 is 32.2. The van der Waals surface area contributed by atoms with Crippen molar-refractivity contribution >= 4 is 22.6 Å². The predicted octanol–water partition coefficient (Wildman–Crippen LogP) is 4.31. The minimum atomic E-state index is -0.699. The zero-order valence-corrected chi connectivity index (χ0v) is 12.2. The molecule has 2 aromatic heterocycles. The van der Waals surface area contributed by atoms with Crippen molar-refractivity contribution in [2.75, 3.05) is 5.32 Å². The van der Waals surface area contributed by atoms with Gasteiger partial charge in [0, 0.05) is 17.3 Å². The summed E-state index contributed by atoms with van der Waals surface area (Å²) in [5.74, 6) is -0.960. The minimum Gasteiger partial charge on any atom is -0.339 e. The van der Waals surface area contributed by atoms with Gasteiger partial charge in [0.1, 0.15) is 34.9 Å². The van der Waals surface area contributed by atoms with Crippen LogP contribution in [0.1, 0.15) is 0 Å². The van der Waals surface area contributed by atoms with Gasteiger partial charge in [-0.05, 0) is 24.3 Å². The van der Waals surface area contributed by atoms with Crippen LogP contribution < -0.4 is 5.32 Å². The summed E-state index contributed by atoms with van der Waals surface area (Å²) in [7, 11) is 0. The van der Waals surface area contributed by atoms with E-state index in [0.29, 0.717) is 11.2 Å². The van der Waals surface area contributed by atoms with Crippen LogP contribution in [-0.4, -0.2) is 15.1 Å². The second kappa shape index (κ2) is 5.69. The lowest BCUT2D eigenvalue weighted by atomic mass is 10.1. The Hall–Kier alpha value is -3.35. The zero-order chi connectivity index (χ0) is 16.5. The van der Waals surface area contributed by atoms with Crippen LogP contribution in [0.2, 0.25) is 0 Å². The first-order valence-electron chi connectivity index (χ1n) is 7.09. The Bertz CT molecular complexity index is 997. The van der Waals surface area contributed by atoms with E-state index in [1.54, 1.807) is 0 Å². The molecule has 0 saturated heterocycles. The maximum Gasteiger partial charge on any atom is 0.263 e. The van der Waals surface area contributed by atoms with E-state index < -0.39 is 11.6 Å². The molecule has 0 fully saturated rings. The number of anilines is 2. The third-order valence-corrected chi connectivity index (χ3v) is 3.45. The second-order valence-corrected chi connectivity index (χ2v) is 5.08. The zero-order valence-electron chi connectivity index (χ0n) is 12.2. The van der Waals surface area contributed by atoms with Crippen molar-refractivity contribution in [1.82, 2.24) is 15.1 Å². The number of para-hydroxylation sites is 1. The van der Waals surface area contributed by atoms with E-state index in [4.69, 9.17) is 4.52 Å². The van der Waals surface area contributed by atoms with Crippen molar-refractivity contribution < 1.29 is 13.3 Å². The highest BCUT2D eigenvalue weighted by Crippen LogP contribution is 2.33. The summed E-state index contributed by atoms with van der Waals surface area (Å²) in [6.45, 7) is 0. The first kappa shape index (κ1) is 14.3. The molecule has 4 rings (SSSR count). The molecule has 24 heavy (non-hydrogen) atoms. The number of nitrogens with one attached hydrogen (secondary N) is 1. The molecule has 7 heteroatoms. The molecule has 4 aromatic rings. The quantitative estimate of drug-likeness (QED) is 0.608. The number of fused-ring (bicyclic) bond motifs is 1. The molecule has 0 aliphatic rings. The van der Waals surface area contributed by atoms with Crippen LogP contribution in [-0.2, 0) is 0 Å². The number of benzene rings is 2. The number of nitrogens with zero attached hydrogens (tertiary/aromatic N) is 3. The van der Waals surface area contributed by atoms with Crippen molar-refractivity contribution in [3.05, 3.63) is 66.5 Å². The van der Waals surface area contributed by atoms with Crippen molar-refractivity contribution in [1.29, 1.82) is 0 Å². The Morgan fingerprint density at radius 1 is 0.917 bits per heavy atom. The van der Waals surface area contributed by atoms with Crippen molar-refractivity contribution in [2.24, 2.45) is 0 Å². The fourth-order valence-electron chi connectivity index (χ4n) is 2.43. The second-order valence-electron chi connectivity index (χ2n) is 5.08. The summed E-state index contributed by atoms with van der Waals surface area (Å²) in [5, 5.41) is 7.48. The van der Waals surface area contributed by atoms with E-state index in [1.807, 2.05) is 30.3 Å². The predicted molar refractivity (Wildman–Crippen MR) is 84.7 cm³/mol. The molecule has 0 atom stereocenters. The van der Waals surface area contributed by atoms with Crippen LogP contribution in [0.25, 0.3) is 22.4 Å². The van der Waals surface area contributed by atoms with Crippen LogP contribution >= 0.6 is 0 Å². The summed E-state index contributed by atoms with van der Waals surface area (Å²) in [6, 6.07) is 12.5. The molecule has 0 amide bonds. The molecule has 0 unspecified atom stereocenters. The molecular formula is C17H10F2N4O. The molecule has 0 aliphatic heterocycles. The van der Waals surface area contributed by atoms with Crippen molar-refractivity contribution in [2.45, 2.75) is 0 Å². The van der Waals surface area contributed by atoms with Crippen LogP contribution in [0.5, 0.6) is 0 Å². The Labute approximate surface area is 135 Å². The molecule has 2 aromatic carbocycles. The molecule has 0 saturated carbocycles. The molecule has 118 valence electrons. The molecule has 1 N–H and O–H groups in total. The summed E-state index contributed by atoms with van der Waals surface area (Å²) in [6.07, 6.45) is 1.33. The fraction of sp³-hybridized carbons (Fsp3) is 0. The van der Waals surface area contributed by atoms with Crippen molar-refractivity contribution in [3.8, 4) is 11.3 Å². The molecule has 0 aliphatic carbocycles. The van der Waals surface area contributed by atoms with E-state index >= 15 is 0 Å². The monoisotopic (exact) mass is 324 g/mol. The van der Waals surface area contributed by atoms with Gasteiger partial charge in [-0.15, -0.1) is 0 Å². The topological polar surface area (TPSA) is 63.8 Å². The normalized spacial score (nSPS) is 10.9. The smallest absolute Gasteiger partial charge is 0.263 e. The van der Waals surface area contributed by atoms with Gasteiger partial charge in [-0.3, -0.25) is 0 Å². The SMILES string of the molecule is Fc1cc(F)cc(-c2noc3ncnc(Nc4ccccc4)c23)c1. The lowest BCUT2D eigenvalue weighted by Crippen LogP contribution is -1.95. The summed E-state index contributed by atoms with van der Waals surface area (Å²) in [5.41, 5.74) is 1.54. The maximum absolute atomic E-state index is 13.5. The number of aromatic nitrogens is 3. The van der Waals surface area contributed by atoms with E-state index in [0.717, 1.165) is 11.8 Å². The van der Waals surface area contributed by atoms with Gasteiger partial charge >= 0.3 is 0 Å². The lowest BCUT2D eigenvalue weighted by molar-refractivity contribution is 0.451. The maximum atomic E-state index is 13.5. The van der Waals surface area contributed by atoms with E-state index in [9.17, 15) is 8.78 Å². The number of hydrogen-bond acceptors (Lipinski definition) is 5. The van der Waals surface area contributed by atoms with Gasteiger partial charge in [0.25, 0.3) is 5.71 Å². The highest BCUT2D eigenvalue weighted by atomic mass is 19.1. The summed E-state index contributed by atoms with van der Waals surface area (Å²) in [4.78, 5) is 8.20. The van der Waals surface area contributed by atoms with Gasteiger partial charge in [-0.25, -0.2) is 13.8 Å². The molecule has 0 bridgehead atoms. The van der Waals surface area contributed by atoms with Gasteiger partial charge in [0.2, 0.25) is 0 Å². The largest absolute Gasteiger partial charge is 0.339 e. The van der Waals surface area contributed by atoms with E-state index in [-0.39, 0.29) is 17.0 Å². The lowest BCUT2D eigenvalue weighted by Gasteiger charge is -2.06. The van der Waals surface area contributed by atoms with Crippen LogP contribution in [0, 0.1) is 11.6 Å². The first-order valence-corrected chi connectivity index (χ1v) is 7.09. The van der Waals surface area contributed by atoms with Gasteiger partial charge in [-0.2, -0.15) is 4.98 Å². The number of hydrogen-bond donors (Lipinski definition) is 1. The van der Waals surface area contributed by atoms with Crippen LogP contribution in [0.15, 0.2) is 59.4 Å². The Morgan fingerprint density at radius 2 is 1.67 bits per heavy atom. The molecule has 0 radical (unpaired) electrons. The summed E-state index contributed by atoms with van der Waals surface area (Å²) >= 11 is 0. The van der Waals surface area contributed by atoms with Gasteiger partial charge < -0.3 is 9.84 Å². The third kappa shape index (κ3) is 2.56. The van der Waals surface area contributed by atoms with Crippen molar-refractivity contribution in [3.63, 3.8) is 0 Å². The fourth-order valence-corrected chi connectivity index (χ4v) is 2.43. The number of halogens is 2. The Morgan fingerprint density at radius 3 is 2.42 bits per heavy atom.